The Labute approximate surface area is 147 Å². The number of amides is 4. The molecule has 1 heterocycles. The Bertz CT molecular complexity index is 776. The van der Waals surface area contributed by atoms with E-state index in [4.69, 9.17) is 0 Å². The highest BCUT2D eigenvalue weighted by Crippen LogP contribution is 2.26. The molecule has 0 spiro atoms. The summed E-state index contributed by atoms with van der Waals surface area (Å²) in [5, 5.41) is 0. The lowest BCUT2D eigenvalue weighted by molar-refractivity contribution is -0.144. The molecule has 0 radical (unpaired) electrons. The van der Waals surface area contributed by atoms with Crippen molar-refractivity contribution in [2.45, 2.75) is 19.4 Å². The van der Waals surface area contributed by atoms with Crippen LogP contribution in [0.25, 0.3) is 0 Å². The molecular weight excluding hydrogens is 346 g/mol. The van der Waals surface area contributed by atoms with Crippen LogP contribution in [-0.2, 0) is 19.6 Å². The van der Waals surface area contributed by atoms with Gasteiger partial charge < -0.3 is 0 Å². The lowest BCUT2D eigenvalue weighted by atomic mass is 10.1. The Kier molecular flexibility index (Phi) is 5.58. The van der Waals surface area contributed by atoms with Crippen LogP contribution in [0.2, 0.25) is 0 Å². The molecule has 8 nitrogen and oxygen atoms in total. The molecule has 2 rings (SSSR count). The average Bonchev–Trinajstić information content (AvgIpc) is 2.78. The number of benzene rings is 1. The summed E-state index contributed by atoms with van der Waals surface area (Å²) >= 11 is 0. The van der Waals surface area contributed by atoms with Crippen molar-refractivity contribution >= 4 is 27.9 Å². The molecule has 136 valence electrons. The minimum atomic E-state index is -3.43. The van der Waals surface area contributed by atoms with Crippen LogP contribution in [0.5, 0.6) is 0 Å². The van der Waals surface area contributed by atoms with Gasteiger partial charge in [0.2, 0.25) is 10.0 Å². The van der Waals surface area contributed by atoms with Gasteiger partial charge in [-0.1, -0.05) is 30.3 Å². The molecule has 1 saturated heterocycles. The van der Waals surface area contributed by atoms with Crippen LogP contribution in [0.4, 0.5) is 4.79 Å². The van der Waals surface area contributed by atoms with Crippen molar-refractivity contribution in [2.75, 3.05) is 26.4 Å². The summed E-state index contributed by atoms with van der Waals surface area (Å²) in [6, 6.07) is 7.61. The van der Waals surface area contributed by atoms with Gasteiger partial charge in [-0.2, -0.15) is 0 Å². The van der Waals surface area contributed by atoms with Gasteiger partial charge in [0, 0.05) is 20.6 Å². The van der Waals surface area contributed by atoms with Crippen molar-refractivity contribution < 1.29 is 22.8 Å². The van der Waals surface area contributed by atoms with Crippen LogP contribution in [0, 0.1) is 0 Å². The van der Waals surface area contributed by atoms with E-state index in [-0.39, 0.29) is 18.7 Å². The summed E-state index contributed by atoms with van der Waals surface area (Å²) in [4.78, 5) is 38.5. The van der Waals surface area contributed by atoms with E-state index in [0.717, 1.165) is 19.7 Å². The first-order valence-electron chi connectivity index (χ1n) is 7.81. The lowest BCUT2D eigenvalue weighted by Crippen LogP contribution is -2.36. The quantitative estimate of drug-likeness (QED) is 0.525. The Morgan fingerprint density at radius 1 is 1.04 bits per heavy atom. The second kappa shape index (κ2) is 7.32. The fourth-order valence-electron chi connectivity index (χ4n) is 2.53. The van der Waals surface area contributed by atoms with E-state index in [1.165, 1.54) is 14.1 Å². The Balaban J connectivity index is 2.09. The van der Waals surface area contributed by atoms with Gasteiger partial charge in [0.05, 0.1) is 11.8 Å². The average molecular weight is 367 g/mol. The number of carbonyl (C=O) groups excluding carboxylic acids is 3. The number of urea groups is 1. The van der Waals surface area contributed by atoms with E-state index >= 15 is 0 Å². The number of sulfonamides is 1. The fraction of sp³-hybridized carbons (Fsp3) is 0.438. The first-order chi connectivity index (χ1) is 11.7. The third-order valence-electron chi connectivity index (χ3n) is 4.09. The monoisotopic (exact) mass is 367 g/mol. The van der Waals surface area contributed by atoms with Crippen molar-refractivity contribution in [1.82, 2.24) is 14.1 Å². The molecule has 0 aromatic heterocycles. The van der Waals surface area contributed by atoms with Crippen LogP contribution in [0.1, 0.15) is 24.9 Å². The standard InChI is InChI=1S/C16H21N3O5S/c1-12(13-8-5-4-6-9-13)19-15(21)14(20)18(16(19)22)10-7-11-25(23,24)17(2)3/h4-6,8-9,12H,7,10-11H2,1-3H3. The number of carbonyl (C=O) groups is 3. The lowest BCUT2D eigenvalue weighted by Gasteiger charge is -2.22. The maximum absolute atomic E-state index is 12.5. The van der Waals surface area contributed by atoms with Crippen LogP contribution in [0.15, 0.2) is 30.3 Å². The molecule has 1 aromatic carbocycles. The number of rotatable bonds is 7. The number of hydrogen-bond donors (Lipinski definition) is 0. The van der Waals surface area contributed by atoms with Gasteiger partial charge in [0.1, 0.15) is 0 Å². The normalized spacial score (nSPS) is 16.9. The summed E-state index contributed by atoms with van der Waals surface area (Å²) < 4.78 is 24.6. The van der Waals surface area contributed by atoms with E-state index < -0.39 is 33.9 Å². The molecule has 0 N–H and O–H groups in total. The molecular formula is C16H21N3O5S. The predicted octanol–water partition coefficient (Wildman–Crippen LogP) is 0.820. The summed E-state index contributed by atoms with van der Waals surface area (Å²) in [6.45, 7) is 1.55. The predicted molar refractivity (Wildman–Crippen MR) is 90.9 cm³/mol. The van der Waals surface area contributed by atoms with Gasteiger partial charge in [-0.25, -0.2) is 22.4 Å². The zero-order valence-corrected chi connectivity index (χ0v) is 15.2. The highest BCUT2D eigenvalue weighted by molar-refractivity contribution is 7.89. The molecule has 1 atom stereocenters. The molecule has 25 heavy (non-hydrogen) atoms. The second-order valence-corrected chi connectivity index (χ2v) is 8.26. The van der Waals surface area contributed by atoms with E-state index in [9.17, 15) is 22.8 Å². The number of imide groups is 2. The van der Waals surface area contributed by atoms with Gasteiger partial charge >= 0.3 is 17.8 Å². The van der Waals surface area contributed by atoms with Crippen LogP contribution in [0.3, 0.4) is 0 Å². The molecule has 0 bridgehead atoms. The summed E-state index contributed by atoms with van der Waals surface area (Å²) in [7, 11) is -0.604. The van der Waals surface area contributed by atoms with Crippen molar-refractivity contribution in [3.05, 3.63) is 35.9 Å². The minimum absolute atomic E-state index is 0.0683. The molecule has 9 heteroatoms. The fourth-order valence-corrected chi connectivity index (χ4v) is 3.39. The van der Waals surface area contributed by atoms with Gasteiger partial charge in [-0.15, -0.1) is 0 Å². The van der Waals surface area contributed by atoms with Gasteiger partial charge in [0.15, 0.2) is 0 Å². The maximum Gasteiger partial charge on any atom is 0.334 e. The zero-order valence-electron chi connectivity index (χ0n) is 14.4. The molecule has 4 amide bonds. The van der Waals surface area contributed by atoms with E-state index in [1.807, 2.05) is 6.07 Å². The van der Waals surface area contributed by atoms with Gasteiger partial charge in [-0.05, 0) is 18.9 Å². The van der Waals surface area contributed by atoms with Crippen molar-refractivity contribution in [2.24, 2.45) is 0 Å². The molecule has 1 fully saturated rings. The third kappa shape index (κ3) is 3.88. The number of nitrogens with zero attached hydrogens (tertiary/aromatic N) is 3. The van der Waals surface area contributed by atoms with E-state index in [1.54, 1.807) is 31.2 Å². The minimum Gasteiger partial charge on any atom is -0.263 e. The van der Waals surface area contributed by atoms with E-state index in [0.29, 0.717) is 0 Å². The topological polar surface area (TPSA) is 95.1 Å². The first-order valence-corrected chi connectivity index (χ1v) is 9.42. The first kappa shape index (κ1) is 19.1. The smallest absolute Gasteiger partial charge is 0.263 e. The van der Waals surface area contributed by atoms with Crippen LogP contribution < -0.4 is 0 Å². The molecule has 0 aliphatic carbocycles. The Hall–Kier alpha value is -2.26. The molecule has 1 aliphatic rings. The van der Waals surface area contributed by atoms with Crippen molar-refractivity contribution in [3.8, 4) is 0 Å². The van der Waals surface area contributed by atoms with Crippen LogP contribution in [-0.4, -0.2) is 66.8 Å². The zero-order chi connectivity index (χ0) is 18.8. The van der Waals surface area contributed by atoms with Crippen LogP contribution >= 0.6 is 0 Å². The van der Waals surface area contributed by atoms with Crippen molar-refractivity contribution in [1.29, 1.82) is 0 Å². The second-order valence-electron chi connectivity index (χ2n) is 5.95. The van der Waals surface area contributed by atoms with Gasteiger partial charge in [0.25, 0.3) is 0 Å². The summed E-state index contributed by atoms with van der Waals surface area (Å²) in [5.74, 6) is -2.02. The van der Waals surface area contributed by atoms with Gasteiger partial charge in [-0.3, -0.25) is 14.5 Å². The van der Waals surface area contributed by atoms with E-state index in [2.05, 4.69) is 0 Å². The van der Waals surface area contributed by atoms with Crippen molar-refractivity contribution in [3.63, 3.8) is 0 Å². The molecule has 0 saturated carbocycles. The number of hydrogen-bond acceptors (Lipinski definition) is 5. The Morgan fingerprint density at radius 2 is 1.64 bits per heavy atom. The summed E-state index contributed by atoms with van der Waals surface area (Å²) in [6.07, 6.45) is 0.0683. The third-order valence-corrected chi connectivity index (χ3v) is 6.01. The SMILES string of the molecule is CC(c1ccccc1)N1C(=O)C(=O)N(CCCS(=O)(=O)N(C)C)C1=O. The maximum atomic E-state index is 12.5. The summed E-state index contributed by atoms with van der Waals surface area (Å²) in [5.41, 5.74) is 0.731. The highest BCUT2D eigenvalue weighted by atomic mass is 32.2. The largest absolute Gasteiger partial charge is 0.334 e. The molecule has 1 aromatic rings. The Morgan fingerprint density at radius 3 is 2.20 bits per heavy atom. The highest BCUT2D eigenvalue weighted by Gasteiger charge is 2.46. The molecule has 1 aliphatic heterocycles. The molecule has 1 unspecified atom stereocenters.